The van der Waals surface area contributed by atoms with E-state index in [2.05, 4.69) is 33.8 Å². The van der Waals surface area contributed by atoms with Crippen molar-refractivity contribution >= 4 is 44.6 Å². The highest BCUT2D eigenvalue weighted by Crippen LogP contribution is 2.24. The molecule has 0 amide bonds. The number of thiazole rings is 1. The molecule has 0 atom stereocenters. The van der Waals surface area contributed by atoms with Crippen LogP contribution in [0.5, 0.6) is 0 Å². The Bertz CT molecular complexity index is 766. The summed E-state index contributed by atoms with van der Waals surface area (Å²) >= 11 is 7.02. The minimum absolute atomic E-state index is 0.624. The van der Waals surface area contributed by atoms with Gasteiger partial charge >= 0.3 is 0 Å². The number of anilines is 1. The van der Waals surface area contributed by atoms with E-state index in [0.717, 1.165) is 16.2 Å². The number of hydrogen-bond acceptors (Lipinski definition) is 3. The highest BCUT2D eigenvalue weighted by Gasteiger charge is 2.03. The van der Waals surface area contributed by atoms with Crippen molar-refractivity contribution in [1.82, 2.24) is 10.3 Å². The first-order valence-corrected chi connectivity index (χ1v) is 7.89. The number of hydrogen-bond donors (Lipinski definition) is 2. The van der Waals surface area contributed by atoms with Crippen molar-refractivity contribution in [3.8, 4) is 0 Å². The van der Waals surface area contributed by atoms with E-state index < -0.39 is 0 Å². The first kappa shape index (κ1) is 14.0. The van der Waals surface area contributed by atoms with Crippen molar-refractivity contribution in [3.63, 3.8) is 0 Å². The maximum absolute atomic E-state index is 5.33. The first-order chi connectivity index (χ1) is 10.2. The average molecular weight is 313 g/mol. The standard InChI is InChI=1S/C16H15N3S2/c1-11-18-14-8-7-13(9-15(14)21-11)19-16(20)17-10-12-5-3-2-4-6-12/h2-9H,10H2,1H3,(H2,17,19,20). The van der Waals surface area contributed by atoms with E-state index in [1.807, 2.05) is 37.3 Å². The molecule has 3 nitrogen and oxygen atoms in total. The molecular weight excluding hydrogens is 298 g/mol. The van der Waals surface area contributed by atoms with Crippen LogP contribution in [-0.4, -0.2) is 10.1 Å². The second-order valence-electron chi connectivity index (χ2n) is 4.71. The van der Waals surface area contributed by atoms with Crippen LogP contribution in [0.25, 0.3) is 10.2 Å². The third-order valence-electron chi connectivity index (χ3n) is 3.05. The molecule has 0 saturated heterocycles. The van der Waals surface area contributed by atoms with Crippen LogP contribution in [0.4, 0.5) is 5.69 Å². The lowest BCUT2D eigenvalue weighted by Gasteiger charge is -2.10. The van der Waals surface area contributed by atoms with Crippen molar-refractivity contribution in [3.05, 3.63) is 59.1 Å². The number of fused-ring (bicyclic) bond motifs is 1. The summed E-state index contributed by atoms with van der Waals surface area (Å²) in [5.74, 6) is 0. The molecule has 1 heterocycles. The van der Waals surface area contributed by atoms with Crippen LogP contribution in [0, 0.1) is 6.92 Å². The molecule has 0 fully saturated rings. The van der Waals surface area contributed by atoms with Crippen LogP contribution < -0.4 is 10.6 Å². The lowest BCUT2D eigenvalue weighted by Crippen LogP contribution is -2.27. The van der Waals surface area contributed by atoms with E-state index in [1.165, 1.54) is 10.3 Å². The first-order valence-electron chi connectivity index (χ1n) is 6.67. The Hall–Kier alpha value is -1.98. The van der Waals surface area contributed by atoms with Crippen LogP contribution in [0.1, 0.15) is 10.6 Å². The summed E-state index contributed by atoms with van der Waals surface area (Å²) in [4.78, 5) is 4.45. The van der Waals surface area contributed by atoms with Gasteiger partial charge in [0, 0.05) is 12.2 Å². The second-order valence-corrected chi connectivity index (χ2v) is 6.35. The van der Waals surface area contributed by atoms with Crippen LogP contribution in [0.15, 0.2) is 48.5 Å². The van der Waals surface area contributed by atoms with Crippen LogP contribution in [-0.2, 0) is 6.54 Å². The van der Waals surface area contributed by atoms with E-state index in [1.54, 1.807) is 11.3 Å². The molecule has 2 aromatic carbocycles. The van der Waals surface area contributed by atoms with Gasteiger partial charge in [-0.2, -0.15) is 0 Å². The van der Waals surface area contributed by atoms with Crippen molar-refractivity contribution in [2.75, 3.05) is 5.32 Å². The predicted octanol–water partition coefficient (Wildman–Crippen LogP) is 4.09. The minimum Gasteiger partial charge on any atom is -0.358 e. The molecule has 0 aliphatic rings. The molecule has 1 aromatic heterocycles. The van der Waals surface area contributed by atoms with Crippen molar-refractivity contribution < 1.29 is 0 Å². The third-order valence-corrected chi connectivity index (χ3v) is 4.23. The van der Waals surface area contributed by atoms with Gasteiger partial charge in [-0.05, 0) is 42.9 Å². The van der Waals surface area contributed by atoms with Gasteiger partial charge in [-0.1, -0.05) is 30.3 Å². The zero-order chi connectivity index (χ0) is 14.7. The highest BCUT2D eigenvalue weighted by atomic mass is 32.1. The molecule has 21 heavy (non-hydrogen) atoms. The van der Waals surface area contributed by atoms with Crippen molar-refractivity contribution in [2.24, 2.45) is 0 Å². The normalized spacial score (nSPS) is 10.5. The summed E-state index contributed by atoms with van der Waals surface area (Å²) in [6.45, 7) is 2.73. The number of benzene rings is 2. The van der Waals surface area contributed by atoms with E-state index in [9.17, 15) is 0 Å². The molecule has 3 rings (SSSR count). The zero-order valence-electron chi connectivity index (χ0n) is 11.6. The fraction of sp³-hybridized carbons (Fsp3) is 0.125. The number of rotatable bonds is 3. The average Bonchev–Trinajstić information content (AvgIpc) is 2.85. The Morgan fingerprint density at radius 3 is 2.81 bits per heavy atom. The zero-order valence-corrected chi connectivity index (χ0v) is 13.2. The fourth-order valence-corrected chi connectivity index (χ4v) is 3.13. The van der Waals surface area contributed by atoms with Crippen LogP contribution >= 0.6 is 23.6 Å². The Balaban J connectivity index is 1.63. The largest absolute Gasteiger partial charge is 0.358 e. The molecule has 5 heteroatoms. The molecular formula is C16H15N3S2. The summed E-state index contributed by atoms with van der Waals surface area (Å²) in [6.07, 6.45) is 0. The van der Waals surface area contributed by atoms with Gasteiger partial charge in [-0.15, -0.1) is 11.3 Å². The second kappa shape index (κ2) is 6.20. The van der Waals surface area contributed by atoms with Gasteiger partial charge in [0.05, 0.1) is 15.2 Å². The molecule has 0 spiro atoms. The van der Waals surface area contributed by atoms with Gasteiger partial charge in [-0.25, -0.2) is 4.98 Å². The van der Waals surface area contributed by atoms with Gasteiger partial charge < -0.3 is 10.6 Å². The van der Waals surface area contributed by atoms with E-state index in [4.69, 9.17) is 12.2 Å². The Labute approximate surface area is 133 Å². The Morgan fingerprint density at radius 1 is 1.19 bits per heavy atom. The van der Waals surface area contributed by atoms with Gasteiger partial charge in [0.1, 0.15) is 0 Å². The number of aryl methyl sites for hydroxylation is 1. The summed E-state index contributed by atoms with van der Waals surface area (Å²) in [5, 5.41) is 8.12. The topological polar surface area (TPSA) is 37.0 Å². The van der Waals surface area contributed by atoms with E-state index >= 15 is 0 Å². The summed E-state index contributed by atoms with van der Waals surface area (Å²) < 4.78 is 1.17. The summed E-state index contributed by atoms with van der Waals surface area (Å²) in [6, 6.07) is 16.3. The van der Waals surface area contributed by atoms with Gasteiger partial charge in [0.25, 0.3) is 0 Å². The van der Waals surface area contributed by atoms with Crippen molar-refractivity contribution in [2.45, 2.75) is 13.5 Å². The smallest absolute Gasteiger partial charge is 0.171 e. The van der Waals surface area contributed by atoms with Gasteiger partial charge in [-0.3, -0.25) is 0 Å². The lowest BCUT2D eigenvalue weighted by molar-refractivity contribution is 0.926. The number of aromatic nitrogens is 1. The highest BCUT2D eigenvalue weighted by molar-refractivity contribution is 7.80. The van der Waals surface area contributed by atoms with Crippen LogP contribution in [0.3, 0.4) is 0 Å². The van der Waals surface area contributed by atoms with Crippen LogP contribution in [0.2, 0.25) is 0 Å². The minimum atomic E-state index is 0.624. The molecule has 3 aromatic rings. The molecule has 0 radical (unpaired) electrons. The Kier molecular flexibility index (Phi) is 4.13. The third kappa shape index (κ3) is 3.56. The monoisotopic (exact) mass is 313 g/mol. The summed E-state index contributed by atoms with van der Waals surface area (Å²) in [7, 11) is 0. The maximum atomic E-state index is 5.33. The molecule has 0 aliphatic heterocycles. The predicted molar refractivity (Wildman–Crippen MR) is 93.9 cm³/mol. The molecule has 0 unspecified atom stereocenters. The SMILES string of the molecule is Cc1nc2ccc(NC(=S)NCc3ccccc3)cc2s1. The van der Waals surface area contributed by atoms with E-state index in [0.29, 0.717) is 11.7 Å². The molecule has 0 saturated carbocycles. The van der Waals surface area contributed by atoms with E-state index in [-0.39, 0.29) is 0 Å². The Morgan fingerprint density at radius 2 is 2.00 bits per heavy atom. The quantitative estimate of drug-likeness (QED) is 0.714. The van der Waals surface area contributed by atoms with Gasteiger partial charge in [0.15, 0.2) is 5.11 Å². The fourth-order valence-electron chi connectivity index (χ4n) is 2.07. The number of nitrogens with zero attached hydrogens (tertiary/aromatic N) is 1. The molecule has 0 aliphatic carbocycles. The molecule has 2 N–H and O–H groups in total. The molecule has 0 bridgehead atoms. The lowest BCUT2D eigenvalue weighted by atomic mass is 10.2. The molecule has 106 valence electrons. The number of nitrogens with one attached hydrogen (secondary N) is 2. The number of thiocarbonyl (C=S) groups is 1. The summed E-state index contributed by atoms with van der Waals surface area (Å²) in [5.41, 5.74) is 3.22. The maximum Gasteiger partial charge on any atom is 0.171 e. The van der Waals surface area contributed by atoms with Crippen molar-refractivity contribution in [1.29, 1.82) is 0 Å². The van der Waals surface area contributed by atoms with Gasteiger partial charge in [0.2, 0.25) is 0 Å².